The van der Waals surface area contributed by atoms with Gasteiger partial charge in [0.25, 0.3) is 0 Å². The number of hydrogen-bond donors (Lipinski definition) is 1. The van der Waals surface area contributed by atoms with Crippen molar-refractivity contribution in [2.24, 2.45) is 16.8 Å². The molecule has 1 N–H and O–H groups in total. The molecule has 0 radical (unpaired) electrons. The summed E-state index contributed by atoms with van der Waals surface area (Å²) in [4.78, 5) is 18.3. The largest absolute Gasteiger partial charge is 0.469 e. The van der Waals surface area contributed by atoms with Crippen molar-refractivity contribution in [2.45, 2.75) is 20.3 Å². The van der Waals surface area contributed by atoms with Crippen LogP contribution in [0.15, 0.2) is 4.99 Å². The maximum atomic E-state index is 11.5. The zero-order valence-electron chi connectivity index (χ0n) is 14.8. The van der Waals surface area contributed by atoms with Crippen LogP contribution in [0.3, 0.4) is 0 Å². The molecule has 0 aromatic heterocycles. The van der Waals surface area contributed by atoms with Crippen molar-refractivity contribution < 1.29 is 19.0 Å². The van der Waals surface area contributed by atoms with Gasteiger partial charge in [-0.15, -0.1) is 0 Å². The number of rotatable bonds is 9. The summed E-state index contributed by atoms with van der Waals surface area (Å²) in [6.07, 6.45) is 1.09. The molecule has 1 aliphatic rings. The highest BCUT2D eigenvalue weighted by Gasteiger charge is 2.25. The van der Waals surface area contributed by atoms with Crippen molar-refractivity contribution in [1.82, 2.24) is 10.2 Å². The summed E-state index contributed by atoms with van der Waals surface area (Å²) in [5, 5.41) is 3.30. The van der Waals surface area contributed by atoms with Crippen LogP contribution < -0.4 is 5.32 Å². The van der Waals surface area contributed by atoms with Crippen molar-refractivity contribution >= 4 is 11.9 Å². The number of nitrogens with one attached hydrogen (secondary N) is 1. The van der Waals surface area contributed by atoms with Crippen LogP contribution in [0.5, 0.6) is 0 Å². The Kier molecular flexibility index (Phi) is 9.63. The molecule has 0 aliphatic carbocycles. The molecular formula is C16H31N3O4. The lowest BCUT2D eigenvalue weighted by atomic mass is 10.1. The number of guanidine groups is 1. The maximum absolute atomic E-state index is 11.5. The molecule has 0 aromatic carbocycles. The molecule has 0 spiro atoms. The van der Waals surface area contributed by atoms with Gasteiger partial charge < -0.3 is 24.4 Å². The minimum absolute atomic E-state index is 0.226. The van der Waals surface area contributed by atoms with Gasteiger partial charge in [0.15, 0.2) is 5.96 Å². The zero-order chi connectivity index (χ0) is 17.1. The number of carbonyl (C=O) groups is 1. The fourth-order valence-electron chi connectivity index (χ4n) is 2.48. The molecular weight excluding hydrogens is 298 g/mol. The Balaban J connectivity index is 2.46. The highest BCUT2D eigenvalue weighted by Crippen LogP contribution is 2.16. The first-order valence-corrected chi connectivity index (χ1v) is 8.30. The van der Waals surface area contributed by atoms with Crippen molar-refractivity contribution in [3.63, 3.8) is 0 Å². The van der Waals surface area contributed by atoms with E-state index in [4.69, 9.17) is 14.2 Å². The topological polar surface area (TPSA) is 72.4 Å². The average Bonchev–Trinajstić information content (AvgIpc) is 3.03. The van der Waals surface area contributed by atoms with Gasteiger partial charge in [-0.1, -0.05) is 6.92 Å². The van der Waals surface area contributed by atoms with Gasteiger partial charge in [-0.25, -0.2) is 0 Å². The summed E-state index contributed by atoms with van der Waals surface area (Å²) in [7, 11) is 3.08. The lowest BCUT2D eigenvalue weighted by Gasteiger charge is -2.22. The highest BCUT2D eigenvalue weighted by molar-refractivity contribution is 5.80. The quantitative estimate of drug-likeness (QED) is 0.291. The van der Waals surface area contributed by atoms with E-state index in [0.717, 1.165) is 38.6 Å². The van der Waals surface area contributed by atoms with Crippen molar-refractivity contribution in [1.29, 1.82) is 0 Å². The van der Waals surface area contributed by atoms with E-state index in [-0.39, 0.29) is 11.9 Å². The van der Waals surface area contributed by atoms with E-state index < -0.39 is 0 Å². The van der Waals surface area contributed by atoms with Crippen molar-refractivity contribution in [3.05, 3.63) is 0 Å². The van der Waals surface area contributed by atoms with Crippen LogP contribution in [0.2, 0.25) is 0 Å². The van der Waals surface area contributed by atoms with Crippen LogP contribution in [0.4, 0.5) is 0 Å². The average molecular weight is 329 g/mol. The van der Waals surface area contributed by atoms with E-state index in [9.17, 15) is 4.79 Å². The van der Waals surface area contributed by atoms with E-state index in [2.05, 4.69) is 15.2 Å². The molecule has 2 atom stereocenters. The second kappa shape index (κ2) is 11.2. The molecule has 1 rings (SSSR count). The fraction of sp³-hybridized carbons (Fsp3) is 0.875. The molecule has 134 valence electrons. The minimum atomic E-state index is -0.232. The lowest BCUT2D eigenvalue weighted by molar-refractivity contribution is -0.144. The first kappa shape index (κ1) is 19.7. The predicted molar refractivity (Wildman–Crippen MR) is 89.5 cm³/mol. The molecule has 0 bridgehead atoms. The number of aliphatic imine (C=N–C) groups is 1. The van der Waals surface area contributed by atoms with Gasteiger partial charge in [-0.2, -0.15) is 0 Å². The lowest BCUT2D eigenvalue weighted by Crippen LogP contribution is -2.40. The van der Waals surface area contributed by atoms with E-state index >= 15 is 0 Å². The number of methoxy groups -OCH3 is 2. The van der Waals surface area contributed by atoms with E-state index in [0.29, 0.717) is 25.7 Å². The Labute approximate surface area is 139 Å². The summed E-state index contributed by atoms with van der Waals surface area (Å²) < 4.78 is 15.3. The number of ether oxygens (including phenoxy) is 3. The van der Waals surface area contributed by atoms with Crippen LogP contribution in [-0.4, -0.2) is 77.0 Å². The summed E-state index contributed by atoms with van der Waals surface area (Å²) >= 11 is 0. The standard InChI is InChI=1S/C16H31N3O4/c1-5-17-16(18-10-13(2)15(20)22-4)19-7-6-14(11-19)12-23-9-8-21-3/h13-14H,5-12H2,1-4H3,(H,17,18). The Morgan fingerprint density at radius 1 is 1.39 bits per heavy atom. The first-order chi connectivity index (χ1) is 11.1. The van der Waals surface area contributed by atoms with Gasteiger partial charge in [0.1, 0.15) is 0 Å². The molecule has 1 fully saturated rings. The molecule has 1 aliphatic heterocycles. The maximum Gasteiger partial charge on any atom is 0.310 e. The molecule has 7 nitrogen and oxygen atoms in total. The number of nitrogens with zero attached hydrogens (tertiary/aromatic N) is 2. The van der Waals surface area contributed by atoms with Crippen LogP contribution in [0, 0.1) is 11.8 Å². The fourth-order valence-corrected chi connectivity index (χ4v) is 2.48. The predicted octanol–water partition coefficient (Wildman–Crippen LogP) is 0.746. The van der Waals surface area contributed by atoms with Gasteiger partial charge in [-0.05, 0) is 13.3 Å². The second-order valence-electron chi connectivity index (χ2n) is 5.79. The van der Waals surface area contributed by atoms with E-state index in [1.807, 2.05) is 13.8 Å². The molecule has 1 heterocycles. The van der Waals surface area contributed by atoms with Crippen LogP contribution in [0.1, 0.15) is 20.3 Å². The monoisotopic (exact) mass is 329 g/mol. The number of likely N-dealkylation sites (tertiary alicyclic amines) is 1. The van der Waals surface area contributed by atoms with Crippen LogP contribution >= 0.6 is 0 Å². The van der Waals surface area contributed by atoms with Gasteiger partial charge in [0, 0.05) is 32.7 Å². The third kappa shape index (κ3) is 7.18. The third-order valence-electron chi connectivity index (χ3n) is 3.82. The van der Waals surface area contributed by atoms with Crippen LogP contribution in [-0.2, 0) is 19.0 Å². The number of esters is 1. The van der Waals surface area contributed by atoms with Gasteiger partial charge in [0.05, 0.1) is 39.4 Å². The summed E-state index contributed by atoms with van der Waals surface area (Å²) in [6.45, 7) is 9.00. The van der Waals surface area contributed by atoms with Gasteiger partial charge in [0.2, 0.25) is 0 Å². The van der Waals surface area contributed by atoms with Crippen LogP contribution in [0.25, 0.3) is 0 Å². The summed E-state index contributed by atoms with van der Waals surface area (Å²) in [6, 6.07) is 0. The summed E-state index contributed by atoms with van der Waals surface area (Å²) in [5.74, 6) is 0.913. The smallest absolute Gasteiger partial charge is 0.310 e. The molecule has 0 aromatic rings. The van der Waals surface area contributed by atoms with Crippen molar-refractivity contribution in [3.8, 4) is 0 Å². The van der Waals surface area contributed by atoms with Crippen molar-refractivity contribution in [2.75, 3.05) is 60.2 Å². The number of hydrogen-bond acceptors (Lipinski definition) is 5. The Hall–Kier alpha value is -1.34. The minimum Gasteiger partial charge on any atom is -0.469 e. The molecule has 2 unspecified atom stereocenters. The van der Waals surface area contributed by atoms with Gasteiger partial charge >= 0.3 is 5.97 Å². The Morgan fingerprint density at radius 3 is 2.83 bits per heavy atom. The normalized spacial score (nSPS) is 19.7. The first-order valence-electron chi connectivity index (χ1n) is 8.30. The molecule has 23 heavy (non-hydrogen) atoms. The van der Waals surface area contributed by atoms with Gasteiger partial charge in [-0.3, -0.25) is 9.79 Å². The highest BCUT2D eigenvalue weighted by atomic mass is 16.5. The third-order valence-corrected chi connectivity index (χ3v) is 3.82. The molecule has 0 saturated carbocycles. The molecule has 0 amide bonds. The van der Waals surface area contributed by atoms with E-state index in [1.54, 1.807) is 7.11 Å². The second-order valence-corrected chi connectivity index (χ2v) is 5.79. The van der Waals surface area contributed by atoms with E-state index in [1.165, 1.54) is 7.11 Å². The number of carbonyl (C=O) groups excluding carboxylic acids is 1. The molecule has 7 heteroatoms. The summed E-state index contributed by atoms with van der Waals surface area (Å²) in [5.41, 5.74) is 0. The zero-order valence-corrected chi connectivity index (χ0v) is 14.8. The SMILES string of the molecule is CCNC(=NCC(C)C(=O)OC)N1CCC(COCCOC)C1. The Bertz CT molecular complexity index is 376. The Morgan fingerprint density at radius 2 is 2.17 bits per heavy atom. The molecule has 1 saturated heterocycles.